The van der Waals surface area contributed by atoms with Crippen molar-refractivity contribution in [1.82, 2.24) is 0 Å². The second-order valence-electron chi connectivity index (χ2n) is 10.3. The normalized spacial score (nSPS) is 24.3. The van der Waals surface area contributed by atoms with Gasteiger partial charge < -0.3 is 9.47 Å². The first-order valence-electron chi connectivity index (χ1n) is 13.3. The lowest BCUT2D eigenvalue weighted by atomic mass is 9.82. The number of allylic oxidation sites excluding steroid dienone is 2. The van der Waals surface area contributed by atoms with Crippen LogP contribution >= 0.6 is 0 Å². The SMILES string of the molecule is C=CC(=O)OCC1CCC(/C=C/c2ccc(/C=C/C3CCC(COC(=O)C=C)CC3)c(C(F)(F)F)c2)CC1. The van der Waals surface area contributed by atoms with Gasteiger partial charge >= 0.3 is 18.1 Å². The second-order valence-corrected chi connectivity index (χ2v) is 10.3. The third-order valence-corrected chi connectivity index (χ3v) is 7.53. The Labute approximate surface area is 223 Å². The molecule has 0 aromatic heterocycles. The van der Waals surface area contributed by atoms with Crippen LogP contribution in [0.3, 0.4) is 0 Å². The Morgan fingerprint density at radius 1 is 0.789 bits per heavy atom. The van der Waals surface area contributed by atoms with Crippen molar-refractivity contribution < 1.29 is 32.2 Å². The maximum Gasteiger partial charge on any atom is 0.417 e. The van der Waals surface area contributed by atoms with Crippen LogP contribution in [0, 0.1) is 23.7 Å². The number of esters is 2. The molecule has 1 aromatic carbocycles. The summed E-state index contributed by atoms with van der Waals surface area (Å²) >= 11 is 0. The van der Waals surface area contributed by atoms with E-state index in [-0.39, 0.29) is 17.4 Å². The van der Waals surface area contributed by atoms with Crippen molar-refractivity contribution in [2.45, 2.75) is 57.5 Å². The summed E-state index contributed by atoms with van der Waals surface area (Å²) in [5.74, 6) is 0.257. The molecule has 38 heavy (non-hydrogen) atoms. The maximum absolute atomic E-state index is 13.9. The molecule has 0 N–H and O–H groups in total. The fraction of sp³-hybridized carbons (Fsp3) is 0.484. The number of carbonyl (C=O) groups excluding carboxylic acids is 2. The summed E-state index contributed by atoms with van der Waals surface area (Å²) in [6, 6.07) is 4.50. The zero-order chi connectivity index (χ0) is 27.5. The van der Waals surface area contributed by atoms with Crippen LogP contribution < -0.4 is 0 Å². The largest absolute Gasteiger partial charge is 0.462 e. The molecule has 7 heteroatoms. The van der Waals surface area contributed by atoms with Crippen LogP contribution in [0.2, 0.25) is 0 Å². The van der Waals surface area contributed by atoms with Crippen molar-refractivity contribution in [1.29, 1.82) is 0 Å². The number of alkyl halides is 3. The molecule has 206 valence electrons. The van der Waals surface area contributed by atoms with Crippen LogP contribution in [0.5, 0.6) is 0 Å². The number of hydrogen-bond donors (Lipinski definition) is 0. The molecule has 0 amide bonds. The van der Waals surface area contributed by atoms with E-state index >= 15 is 0 Å². The third kappa shape index (κ3) is 9.34. The molecular weight excluding hydrogens is 493 g/mol. The molecule has 1 aromatic rings. The minimum absolute atomic E-state index is 0.172. The van der Waals surface area contributed by atoms with E-state index in [2.05, 4.69) is 13.2 Å². The molecule has 0 radical (unpaired) electrons. The standard InChI is InChI=1S/C31H37F3O4/c1-3-29(35)37-20-25-11-6-22(7-12-25)5-10-24-16-18-27(28(19-24)31(32,33)34)17-15-23-8-13-26(14-9-23)21-38-30(36)4-2/h3-5,10,15-19,22-23,25-26H,1-2,6-9,11-14,20-21H2/b10-5+,17-15+. The highest BCUT2D eigenvalue weighted by atomic mass is 19.4. The lowest BCUT2D eigenvalue weighted by molar-refractivity contribution is -0.140. The molecule has 2 aliphatic rings. The molecule has 3 rings (SSSR count). The summed E-state index contributed by atoms with van der Waals surface area (Å²) in [7, 11) is 0. The highest BCUT2D eigenvalue weighted by Crippen LogP contribution is 2.36. The molecule has 0 saturated heterocycles. The van der Waals surface area contributed by atoms with Crippen molar-refractivity contribution in [2.24, 2.45) is 23.7 Å². The monoisotopic (exact) mass is 530 g/mol. The van der Waals surface area contributed by atoms with E-state index in [1.807, 2.05) is 12.2 Å². The van der Waals surface area contributed by atoms with Gasteiger partial charge in [-0.1, -0.05) is 49.6 Å². The Balaban J connectivity index is 1.55. The van der Waals surface area contributed by atoms with Gasteiger partial charge in [-0.05, 0) is 92.2 Å². The van der Waals surface area contributed by atoms with E-state index in [0.717, 1.165) is 63.5 Å². The van der Waals surface area contributed by atoms with E-state index in [9.17, 15) is 22.8 Å². The predicted octanol–water partition coefficient (Wildman–Crippen LogP) is 7.80. The first kappa shape index (κ1) is 29.5. The second kappa shape index (κ2) is 14.2. The average Bonchev–Trinajstić information content (AvgIpc) is 2.93. The number of hydrogen-bond acceptors (Lipinski definition) is 4. The average molecular weight is 531 g/mol. The van der Waals surface area contributed by atoms with Gasteiger partial charge in [-0.3, -0.25) is 0 Å². The van der Waals surface area contributed by atoms with Crippen molar-refractivity contribution in [3.63, 3.8) is 0 Å². The first-order chi connectivity index (χ1) is 18.2. The van der Waals surface area contributed by atoms with Gasteiger partial charge in [-0.2, -0.15) is 13.2 Å². The zero-order valence-corrected chi connectivity index (χ0v) is 21.8. The number of ether oxygens (including phenoxy) is 2. The van der Waals surface area contributed by atoms with Crippen LogP contribution in [-0.4, -0.2) is 25.2 Å². The first-order valence-corrected chi connectivity index (χ1v) is 13.3. The summed E-state index contributed by atoms with van der Waals surface area (Å²) in [5, 5.41) is 0. The minimum Gasteiger partial charge on any atom is -0.462 e. The number of carbonyl (C=O) groups is 2. The Morgan fingerprint density at radius 3 is 1.71 bits per heavy atom. The number of benzene rings is 1. The van der Waals surface area contributed by atoms with Crippen LogP contribution in [0.15, 0.2) is 55.7 Å². The van der Waals surface area contributed by atoms with Crippen molar-refractivity contribution >= 4 is 24.1 Å². The molecule has 4 nitrogen and oxygen atoms in total. The van der Waals surface area contributed by atoms with Crippen molar-refractivity contribution in [2.75, 3.05) is 13.2 Å². The van der Waals surface area contributed by atoms with Gasteiger partial charge in [0.05, 0.1) is 18.8 Å². The van der Waals surface area contributed by atoms with Gasteiger partial charge in [-0.15, -0.1) is 0 Å². The summed E-state index contributed by atoms with van der Waals surface area (Å²) in [6.07, 6.45) is 12.2. The maximum atomic E-state index is 13.9. The van der Waals surface area contributed by atoms with Gasteiger partial charge in [-0.25, -0.2) is 9.59 Å². The minimum atomic E-state index is -4.45. The van der Waals surface area contributed by atoms with Gasteiger partial charge in [0, 0.05) is 12.2 Å². The van der Waals surface area contributed by atoms with Gasteiger partial charge in [0.25, 0.3) is 0 Å². The fourth-order valence-electron chi connectivity index (χ4n) is 5.17. The molecule has 2 saturated carbocycles. The predicted molar refractivity (Wildman–Crippen MR) is 143 cm³/mol. The summed E-state index contributed by atoms with van der Waals surface area (Å²) < 4.78 is 51.9. The Morgan fingerprint density at radius 2 is 1.26 bits per heavy atom. The van der Waals surface area contributed by atoms with Crippen LogP contribution in [-0.2, 0) is 25.2 Å². The highest BCUT2D eigenvalue weighted by Gasteiger charge is 2.33. The molecule has 0 atom stereocenters. The lowest BCUT2D eigenvalue weighted by Crippen LogP contribution is -2.19. The summed E-state index contributed by atoms with van der Waals surface area (Å²) in [4.78, 5) is 22.5. The smallest absolute Gasteiger partial charge is 0.417 e. The molecule has 0 heterocycles. The van der Waals surface area contributed by atoms with E-state index in [1.54, 1.807) is 24.3 Å². The lowest BCUT2D eigenvalue weighted by Gasteiger charge is -2.26. The van der Waals surface area contributed by atoms with E-state index in [0.29, 0.717) is 30.6 Å². The Kier molecular flexibility index (Phi) is 11.0. The summed E-state index contributed by atoms with van der Waals surface area (Å²) in [5.41, 5.74) is 0.0750. The van der Waals surface area contributed by atoms with E-state index < -0.39 is 23.7 Å². The van der Waals surface area contributed by atoms with Crippen molar-refractivity contribution in [3.8, 4) is 0 Å². The van der Waals surface area contributed by atoms with E-state index in [4.69, 9.17) is 9.47 Å². The molecule has 0 bridgehead atoms. The molecule has 2 aliphatic carbocycles. The zero-order valence-electron chi connectivity index (χ0n) is 21.8. The molecule has 0 spiro atoms. The van der Waals surface area contributed by atoms with Crippen molar-refractivity contribution in [3.05, 3.63) is 72.4 Å². The Bertz CT molecular complexity index is 1020. The molecule has 0 unspecified atom stereocenters. The van der Waals surface area contributed by atoms with Gasteiger partial charge in [0.15, 0.2) is 0 Å². The van der Waals surface area contributed by atoms with Crippen LogP contribution in [0.4, 0.5) is 13.2 Å². The van der Waals surface area contributed by atoms with Gasteiger partial charge in [0.2, 0.25) is 0 Å². The number of rotatable bonds is 10. The highest BCUT2D eigenvalue weighted by molar-refractivity contribution is 5.81. The molecule has 2 fully saturated rings. The summed E-state index contributed by atoms with van der Waals surface area (Å²) in [6.45, 7) is 7.52. The van der Waals surface area contributed by atoms with E-state index in [1.165, 1.54) is 6.07 Å². The molecule has 0 aliphatic heterocycles. The third-order valence-electron chi connectivity index (χ3n) is 7.53. The fourth-order valence-corrected chi connectivity index (χ4v) is 5.17. The van der Waals surface area contributed by atoms with Crippen LogP contribution in [0.25, 0.3) is 12.2 Å². The number of halogens is 3. The van der Waals surface area contributed by atoms with Crippen LogP contribution in [0.1, 0.15) is 68.1 Å². The topological polar surface area (TPSA) is 52.6 Å². The van der Waals surface area contributed by atoms with Gasteiger partial charge in [0.1, 0.15) is 0 Å². The quantitative estimate of drug-likeness (QED) is 0.229. The molecular formula is C31H37F3O4. The Hall–Kier alpha value is -3.09.